The molecule has 8 heteroatoms. The van der Waals surface area contributed by atoms with E-state index in [-0.39, 0.29) is 18.3 Å². The first-order valence-electron chi connectivity index (χ1n) is 10.7. The maximum Gasteiger partial charge on any atom is 0.407 e. The van der Waals surface area contributed by atoms with Crippen molar-refractivity contribution in [2.75, 3.05) is 25.0 Å². The van der Waals surface area contributed by atoms with E-state index in [0.717, 1.165) is 5.56 Å². The number of benzene rings is 2. The molecule has 1 aliphatic heterocycles. The van der Waals surface area contributed by atoms with Gasteiger partial charge in [0.25, 0.3) is 5.91 Å². The molecule has 0 saturated heterocycles. The minimum Gasteiger partial charge on any atom is -0.482 e. The van der Waals surface area contributed by atoms with E-state index in [1.165, 1.54) is 4.90 Å². The number of unbranched alkanes of at least 4 members (excludes halogenated alkanes) is 1. The second-order valence-electron chi connectivity index (χ2n) is 7.04. The number of hydrogen-bond acceptors (Lipinski definition) is 4. The van der Waals surface area contributed by atoms with Crippen molar-refractivity contribution in [3.8, 4) is 5.75 Å². The molecular weight excluding hydrogens is 432 g/mol. The van der Waals surface area contributed by atoms with Gasteiger partial charge in [0, 0.05) is 30.1 Å². The Labute approximate surface area is 193 Å². The minimum absolute atomic E-state index is 0.0309. The van der Waals surface area contributed by atoms with Crippen LogP contribution in [0.25, 0.3) is 0 Å². The van der Waals surface area contributed by atoms with Gasteiger partial charge >= 0.3 is 6.09 Å². The summed E-state index contributed by atoms with van der Waals surface area (Å²) in [6.45, 7) is 4.66. The van der Waals surface area contributed by atoms with Crippen LogP contribution in [-0.4, -0.2) is 47.5 Å². The maximum absolute atomic E-state index is 12.4. The molecule has 32 heavy (non-hydrogen) atoms. The minimum atomic E-state index is -0.987. The number of carbonyl (C=O) groups excluding carboxylic acids is 2. The van der Waals surface area contributed by atoms with E-state index >= 15 is 0 Å². The molecule has 0 bridgehead atoms. The molecule has 0 radical (unpaired) electrons. The summed E-state index contributed by atoms with van der Waals surface area (Å²) in [6, 6.07) is 12.3. The van der Waals surface area contributed by atoms with Gasteiger partial charge in [0.05, 0.1) is 5.69 Å². The van der Waals surface area contributed by atoms with Crippen LogP contribution in [0.1, 0.15) is 49.0 Å². The van der Waals surface area contributed by atoms with Crippen LogP contribution in [0.5, 0.6) is 5.75 Å². The summed E-state index contributed by atoms with van der Waals surface area (Å²) in [5.41, 5.74) is 1.89. The molecule has 0 aromatic heterocycles. The molecule has 3 rings (SSSR count). The van der Waals surface area contributed by atoms with Gasteiger partial charge in [-0.1, -0.05) is 43.6 Å². The molecule has 2 N–H and O–H groups in total. The van der Waals surface area contributed by atoms with Gasteiger partial charge in [0.2, 0.25) is 0 Å². The molecule has 2 aromatic rings. The fraction of sp³-hybridized carbons (Fsp3) is 0.375. The van der Waals surface area contributed by atoms with E-state index in [4.69, 9.17) is 16.3 Å². The molecule has 1 aliphatic rings. The number of nitrogens with one attached hydrogen (secondary N) is 1. The van der Waals surface area contributed by atoms with Crippen molar-refractivity contribution in [2.45, 2.75) is 39.5 Å². The van der Waals surface area contributed by atoms with Gasteiger partial charge in [0.1, 0.15) is 5.75 Å². The number of anilines is 1. The second-order valence-corrected chi connectivity index (χ2v) is 7.45. The molecular formula is C24H29ClN2O5. The summed E-state index contributed by atoms with van der Waals surface area (Å²) in [6.07, 6.45) is 0.984. The van der Waals surface area contributed by atoms with Crippen molar-refractivity contribution < 1.29 is 24.2 Å². The number of rotatable bonds is 9. The highest BCUT2D eigenvalue weighted by Crippen LogP contribution is 2.29. The number of carbonyl (C=O) groups is 3. The number of amides is 2. The van der Waals surface area contributed by atoms with Gasteiger partial charge in [0.15, 0.2) is 12.4 Å². The average molecular weight is 461 g/mol. The lowest BCUT2D eigenvalue weighted by Crippen LogP contribution is -2.32. The smallest absolute Gasteiger partial charge is 0.407 e. The Morgan fingerprint density at radius 2 is 1.88 bits per heavy atom. The van der Waals surface area contributed by atoms with Gasteiger partial charge in [-0.15, -0.1) is 0 Å². The highest BCUT2D eigenvalue weighted by Gasteiger charge is 2.18. The molecule has 172 valence electrons. The van der Waals surface area contributed by atoms with Crippen LogP contribution in [0.4, 0.5) is 10.5 Å². The lowest BCUT2D eigenvalue weighted by molar-refractivity contribution is -0.118. The highest BCUT2D eigenvalue weighted by molar-refractivity contribution is 6.31. The molecule has 2 aromatic carbocycles. The maximum atomic E-state index is 12.4. The molecule has 0 fully saturated rings. The number of nitrogens with zero attached hydrogens (tertiary/aromatic N) is 1. The first-order valence-corrected chi connectivity index (χ1v) is 11.1. The second kappa shape index (κ2) is 12.7. The summed E-state index contributed by atoms with van der Waals surface area (Å²) in [7, 11) is 0. The van der Waals surface area contributed by atoms with E-state index in [9.17, 15) is 19.5 Å². The summed E-state index contributed by atoms with van der Waals surface area (Å²) < 4.78 is 5.29. The molecule has 7 nitrogen and oxygen atoms in total. The quantitative estimate of drug-likeness (QED) is 0.392. The normalized spacial score (nSPS) is 11.9. The Balaban J connectivity index is 0.00000176. The number of halogens is 1. The first-order chi connectivity index (χ1) is 15.4. The predicted molar refractivity (Wildman–Crippen MR) is 125 cm³/mol. The Morgan fingerprint density at radius 1 is 1.12 bits per heavy atom. The van der Waals surface area contributed by atoms with E-state index in [1.807, 2.05) is 32.0 Å². The van der Waals surface area contributed by atoms with Crippen molar-refractivity contribution in [3.63, 3.8) is 0 Å². The lowest BCUT2D eigenvalue weighted by Gasteiger charge is -2.19. The number of fused-ring (bicyclic) bond motifs is 1. The molecule has 0 atom stereocenters. The van der Waals surface area contributed by atoms with Crippen LogP contribution >= 0.6 is 11.6 Å². The third kappa shape index (κ3) is 7.27. The molecule has 2 amide bonds. The third-order valence-corrected chi connectivity index (χ3v) is 5.26. The van der Waals surface area contributed by atoms with Crippen molar-refractivity contribution >= 4 is 35.1 Å². The van der Waals surface area contributed by atoms with E-state index < -0.39 is 6.09 Å². The first kappa shape index (κ1) is 25.2. The molecule has 1 heterocycles. The summed E-state index contributed by atoms with van der Waals surface area (Å²) >= 11 is 6.13. The number of carboxylic acid groups (broad SMARTS) is 1. The number of ketones is 1. The van der Waals surface area contributed by atoms with E-state index in [1.54, 1.807) is 24.3 Å². The molecule has 0 saturated carbocycles. The van der Waals surface area contributed by atoms with Crippen molar-refractivity contribution in [3.05, 3.63) is 58.6 Å². The van der Waals surface area contributed by atoms with E-state index in [0.29, 0.717) is 60.8 Å². The zero-order valence-electron chi connectivity index (χ0n) is 18.4. The Morgan fingerprint density at radius 3 is 2.59 bits per heavy atom. The number of ether oxygens (including phenoxy) is 1. The topological polar surface area (TPSA) is 95.9 Å². The molecule has 0 unspecified atom stereocenters. The standard InChI is InChI=1S/C22H23ClN2O5.C2H6/c23-17-6-2-1-5-15(17)10-12-25(22(28)29)11-4-3-7-19(26)16-8-9-20-18(13-16)24-21(27)14-30-20;1-2/h1-2,5-6,8-9,13H,3-4,7,10-12,14H2,(H,24,27)(H,28,29);1-2H3. The number of hydrogen-bond donors (Lipinski definition) is 2. The van der Waals surface area contributed by atoms with Crippen LogP contribution < -0.4 is 10.1 Å². The van der Waals surface area contributed by atoms with Crippen molar-refractivity contribution in [1.82, 2.24) is 4.90 Å². The lowest BCUT2D eigenvalue weighted by atomic mass is 10.0. The zero-order valence-corrected chi connectivity index (χ0v) is 19.2. The van der Waals surface area contributed by atoms with Crippen LogP contribution in [-0.2, 0) is 11.2 Å². The van der Waals surface area contributed by atoms with Crippen LogP contribution in [0.3, 0.4) is 0 Å². The average Bonchev–Trinajstić information content (AvgIpc) is 2.80. The molecule has 0 spiro atoms. The highest BCUT2D eigenvalue weighted by atomic mass is 35.5. The van der Waals surface area contributed by atoms with E-state index in [2.05, 4.69) is 5.32 Å². The fourth-order valence-corrected chi connectivity index (χ4v) is 3.48. The molecule has 0 aliphatic carbocycles. The van der Waals surface area contributed by atoms with Crippen molar-refractivity contribution in [2.24, 2.45) is 0 Å². The largest absolute Gasteiger partial charge is 0.482 e. The monoisotopic (exact) mass is 460 g/mol. The SMILES string of the molecule is CC.O=C1COc2ccc(C(=O)CCCCN(CCc3ccccc3Cl)C(=O)O)cc2N1. The van der Waals surface area contributed by atoms with Gasteiger partial charge in [-0.2, -0.15) is 0 Å². The Kier molecular flexibility index (Phi) is 10.0. The Hall–Kier alpha value is -3.06. The van der Waals surface area contributed by atoms with Crippen LogP contribution in [0.2, 0.25) is 5.02 Å². The third-order valence-electron chi connectivity index (χ3n) is 4.90. The van der Waals surface area contributed by atoms with Gasteiger partial charge in [-0.3, -0.25) is 9.59 Å². The van der Waals surface area contributed by atoms with Gasteiger partial charge in [-0.25, -0.2) is 4.79 Å². The summed E-state index contributed by atoms with van der Waals surface area (Å²) in [5.74, 6) is 0.231. The summed E-state index contributed by atoms with van der Waals surface area (Å²) in [4.78, 5) is 36.7. The van der Waals surface area contributed by atoms with Crippen molar-refractivity contribution in [1.29, 1.82) is 0 Å². The fourth-order valence-electron chi connectivity index (χ4n) is 3.25. The summed E-state index contributed by atoms with van der Waals surface area (Å²) in [5, 5.41) is 12.7. The number of Topliss-reactive ketones (excluding diaryl/α,β-unsaturated/α-hetero) is 1. The predicted octanol–water partition coefficient (Wildman–Crippen LogP) is 5.27. The van der Waals surface area contributed by atoms with Crippen LogP contribution in [0, 0.1) is 0 Å². The zero-order chi connectivity index (χ0) is 23.5. The Bertz CT molecular complexity index is 948. The van der Waals surface area contributed by atoms with Gasteiger partial charge in [-0.05, 0) is 49.1 Å². The van der Waals surface area contributed by atoms with Crippen LogP contribution in [0.15, 0.2) is 42.5 Å². The van der Waals surface area contributed by atoms with Gasteiger partial charge < -0.3 is 20.1 Å².